The molecule has 28 heavy (non-hydrogen) atoms. The summed E-state index contributed by atoms with van der Waals surface area (Å²) in [5.74, 6) is -1.42. The van der Waals surface area contributed by atoms with Crippen molar-refractivity contribution >= 4 is 34.4 Å². The van der Waals surface area contributed by atoms with Crippen molar-refractivity contribution in [3.8, 4) is 0 Å². The van der Waals surface area contributed by atoms with E-state index in [0.717, 1.165) is 5.69 Å². The average molecular weight is 406 g/mol. The topological polar surface area (TPSA) is 46.9 Å². The number of nitrogens with zero attached hydrogens (tertiary/aromatic N) is 2. The number of anilines is 1. The quantitative estimate of drug-likeness (QED) is 0.605. The van der Waals surface area contributed by atoms with Crippen LogP contribution in [0.4, 0.5) is 14.6 Å². The monoisotopic (exact) mass is 405 g/mol. The highest BCUT2D eigenvalue weighted by Crippen LogP contribution is 2.26. The lowest BCUT2D eigenvalue weighted by Crippen LogP contribution is -2.20. The highest BCUT2D eigenvalue weighted by molar-refractivity contribution is 6.30. The van der Waals surface area contributed by atoms with Gasteiger partial charge in [0.15, 0.2) is 11.6 Å². The Bertz CT molecular complexity index is 1030. The zero-order valence-electron chi connectivity index (χ0n) is 16.2. The van der Waals surface area contributed by atoms with E-state index in [1.807, 2.05) is 32.3 Å². The van der Waals surface area contributed by atoms with Crippen LogP contribution in [-0.4, -0.2) is 15.5 Å². The summed E-state index contributed by atoms with van der Waals surface area (Å²) in [5, 5.41) is 2.85. The molecular weight excluding hydrogens is 384 g/mol. The van der Waals surface area contributed by atoms with Crippen molar-refractivity contribution in [3.05, 3.63) is 58.2 Å². The van der Waals surface area contributed by atoms with Gasteiger partial charge in [0.05, 0.1) is 11.0 Å². The van der Waals surface area contributed by atoms with Gasteiger partial charge in [0, 0.05) is 29.7 Å². The molecule has 4 nitrogen and oxygen atoms in total. The van der Waals surface area contributed by atoms with Gasteiger partial charge in [-0.05, 0) is 42.2 Å². The molecule has 0 fully saturated rings. The second kappa shape index (κ2) is 7.51. The van der Waals surface area contributed by atoms with Crippen LogP contribution in [-0.2, 0) is 11.3 Å². The normalized spacial score (nSPS) is 11.8. The molecule has 0 saturated heterocycles. The third-order valence-corrected chi connectivity index (χ3v) is 4.48. The van der Waals surface area contributed by atoms with Crippen molar-refractivity contribution in [1.29, 1.82) is 0 Å². The van der Waals surface area contributed by atoms with E-state index in [4.69, 9.17) is 11.6 Å². The molecule has 0 spiro atoms. The number of rotatable bonds is 4. The molecule has 3 rings (SSSR count). The fourth-order valence-corrected chi connectivity index (χ4v) is 3.37. The second-order valence-corrected chi connectivity index (χ2v) is 8.59. The number of hydrogen-bond acceptors (Lipinski definition) is 2. The summed E-state index contributed by atoms with van der Waals surface area (Å²) in [6.45, 7) is 7.98. The Kier molecular flexibility index (Phi) is 5.44. The van der Waals surface area contributed by atoms with E-state index in [1.165, 1.54) is 18.2 Å². The number of hydrogen-bond donors (Lipinski definition) is 1. The van der Waals surface area contributed by atoms with Crippen LogP contribution in [0.25, 0.3) is 11.0 Å². The van der Waals surface area contributed by atoms with Crippen LogP contribution in [0.15, 0.2) is 30.3 Å². The van der Waals surface area contributed by atoms with Gasteiger partial charge in [0.25, 0.3) is 0 Å². The Balaban J connectivity index is 1.93. The van der Waals surface area contributed by atoms with Gasteiger partial charge in [-0.2, -0.15) is 0 Å². The number of aryl methyl sites for hydroxylation is 1. The van der Waals surface area contributed by atoms with E-state index >= 15 is 0 Å². The predicted octanol–water partition coefficient (Wildman–Crippen LogP) is 5.70. The summed E-state index contributed by atoms with van der Waals surface area (Å²) >= 11 is 5.93. The fraction of sp³-hybridized carbons (Fsp3) is 0.333. The highest BCUT2D eigenvalue weighted by Gasteiger charge is 2.19. The van der Waals surface area contributed by atoms with Crippen LogP contribution in [0, 0.1) is 24.0 Å². The van der Waals surface area contributed by atoms with Gasteiger partial charge in [-0.1, -0.05) is 32.4 Å². The fourth-order valence-electron chi connectivity index (χ4n) is 3.12. The molecule has 1 N–H and O–H groups in total. The van der Waals surface area contributed by atoms with E-state index in [1.54, 1.807) is 12.1 Å². The molecule has 7 heteroatoms. The summed E-state index contributed by atoms with van der Waals surface area (Å²) < 4.78 is 30.0. The van der Waals surface area contributed by atoms with Gasteiger partial charge in [0.1, 0.15) is 5.82 Å². The van der Waals surface area contributed by atoms with Gasteiger partial charge in [-0.3, -0.25) is 4.79 Å². The second-order valence-electron chi connectivity index (χ2n) is 8.16. The molecule has 3 aromatic rings. The minimum absolute atomic E-state index is 0.0901. The number of benzene rings is 1. The summed E-state index contributed by atoms with van der Waals surface area (Å²) in [6, 6.07) is 7.43. The molecule has 0 aliphatic heterocycles. The van der Waals surface area contributed by atoms with Crippen LogP contribution < -0.4 is 5.32 Å². The van der Waals surface area contributed by atoms with Crippen molar-refractivity contribution in [3.63, 3.8) is 0 Å². The maximum absolute atomic E-state index is 14.6. The van der Waals surface area contributed by atoms with Crippen molar-refractivity contribution in [1.82, 2.24) is 9.55 Å². The van der Waals surface area contributed by atoms with Crippen LogP contribution in [0.5, 0.6) is 0 Å². The van der Waals surface area contributed by atoms with E-state index in [9.17, 15) is 13.6 Å². The Morgan fingerprint density at radius 1 is 1.18 bits per heavy atom. The number of nitrogens with one attached hydrogen (secondary N) is 1. The van der Waals surface area contributed by atoms with Crippen LogP contribution in [0.1, 0.15) is 38.4 Å². The molecule has 2 heterocycles. The molecule has 0 aliphatic carbocycles. The van der Waals surface area contributed by atoms with Gasteiger partial charge in [-0.25, -0.2) is 13.8 Å². The maximum atomic E-state index is 14.6. The van der Waals surface area contributed by atoms with Gasteiger partial charge in [-0.15, -0.1) is 0 Å². The maximum Gasteiger partial charge on any atom is 0.226 e. The summed E-state index contributed by atoms with van der Waals surface area (Å²) in [4.78, 5) is 16.4. The Morgan fingerprint density at radius 3 is 2.54 bits per heavy atom. The first kappa shape index (κ1) is 20.3. The molecule has 0 aliphatic rings. The number of halogens is 3. The predicted molar refractivity (Wildman–Crippen MR) is 108 cm³/mol. The average Bonchev–Trinajstić information content (AvgIpc) is 2.80. The van der Waals surface area contributed by atoms with Gasteiger partial charge < -0.3 is 9.88 Å². The number of fused-ring (bicyclic) bond motifs is 1. The minimum Gasteiger partial charge on any atom is -0.339 e. The Morgan fingerprint density at radius 2 is 1.89 bits per heavy atom. The summed E-state index contributed by atoms with van der Waals surface area (Å²) in [7, 11) is 0. The molecule has 1 aromatic carbocycles. The third-order valence-electron chi connectivity index (χ3n) is 4.26. The Hall–Kier alpha value is -2.47. The standard InChI is InChI=1S/C21H22ClF2N3O/c1-12-5-17-18(27(12)11-13-6-14(22)8-15(23)7-13)9-16(24)20(25-17)26-19(28)10-21(2,3)4/h5-9H,10-11H2,1-4H3,(H,25,26,28). The first-order chi connectivity index (χ1) is 13.0. The first-order valence-electron chi connectivity index (χ1n) is 8.93. The van der Waals surface area contributed by atoms with E-state index in [0.29, 0.717) is 28.2 Å². The molecule has 1 amide bonds. The molecular formula is C21H22ClF2N3O. The van der Waals surface area contributed by atoms with Gasteiger partial charge >= 0.3 is 0 Å². The minimum atomic E-state index is -0.619. The lowest BCUT2D eigenvalue weighted by molar-refractivity contribution is -0.117. The van der Waals surface area contributed by atoms with Crippen molar-refractivity contribution in [2.75, 3.05) is 5.32 Å². The molecule has 2 aromatic heterocycles. The number of amides is 1. The first-order valence-corrected chi connectivity index (χ1v) is 9.31. The molecule has 0 radical (unpaired) electrons. The Labute approximate surface area is 167 Å². The largest absolute Gasteiger partial charge is 0.339 e. The lowest BCUT2D eigenvalue weighted by atomic mass is 9.92. The third kappa shape index (κ3) is 4.68. The zero-order chi connectivity index (χ0) is 20.6. The van der Waals surface area contributed by atoms with E-state index in [-0.39, 0.29) is 23.6 Å². The van der Waals surface area contributed by atoms with Crippen LogP contribution in [0.3, 0.4) is 0 Å². The van der Waals surface area contributed by atoms with E-state index < -0.39 is 11.6 Å². The lowest BCUT2D eigenvalue weighted by Gasteiger charge is -2.17. The van der Waals surface area contributed by atoms with Crippen molar-refractivity contribution in [2.45, 2.75) is 40.7 Å². The van der Waals surface area contributed by atoms with Crippen LogP contribution in [0.2, 0.25) is 5.02 Å². The van der Waals surface area contributed by atoms with Crippen LogP contribution >= 0.6 is 11.6 Å². The molecule has 0 saturated carbocycles. The highest BCUT2D eigenvalue weighted by atomic mass is 35.5. The van der Waals surface area contributed by atoms with Crippen molar-refractivity contribution in [2.24, 2.45) is 5.41 Å². The molecule has 148 valence electrons. The molecule has 0 atom stereocenters. The number of pyridine rings is 1. The zero-order valence-corrected chi connectivity index (χ0v) is 17.0. The van der Waals surface area contributed by atoms with E-state index in [2.05, 4.69) is 10.3 Å². The molecule has 0 bridgehead atoms. The number of aromatic nitrogens is 2. The summed E-state index contributed by atoms with van der Waals surface area (Å²) in [5.41, 5.74) is 2.39. The van der Waals surface area contributed by atoms with Crippen molar-refractivity contribution < 1.29 is 13.6 Å². The number of carbonyl (C=O) groups excluding carboxylic acids is 1. The number of carbonyl (C=O) groups is 1. The SMILES string of the molecule is Cc1cc2nc(NC(=O)CC(C)(C)C)c(F)cc2n1Cc1cc(F)cc(Cl)c1. The smallest absolute Gasteiger partial charge is 0.226 e. The molecule has 0 unspecified atom stereocenters. The summed E-state index contributed by atoms with van der Waals surface area (Å²) in [6.07, 6.45) is 0.256. The van der Waals surface area contributed by atoms with Gasteiger partial charge in [0.2, 0.25) is 5.91 Å².